The van der Waals surface area contributed by atoms with Crippen molar-refractivity contribution in [3.8, 4) is 0 Å². The Bertz CT molecular complexity index is 350. The Morgan fingerprint density at radius 2 is 1.48 bits per heavy atom. The minimum atomic E-state index is -0.363. The number of guanidine groups is 1. The maximum atomic E-state index is 10.3. The molecule has 2 atom stereocenters. The molecule has 0 aromatic heterocycles. The molecule has 0 amide bonds. The largest absolute Gasteiger partial charge is 0.368 e. The van der Waals surface area contributed by atoms with Gasteiger partial charge < -0.3 is 16.5 Å². The molecular formula is C11H24N6O4. The summed E-state index contributed by atoms with van der Waals surface area (Å²) in [5, 5.41) is 24.1. The lowest BCUT2D eigenvalue weighted by Gasteiger charge is -2.35. The van der Waals surface area contributed by atoms with Gasteiger partial charge in [-0.3, -0.25) is 20.2 Å². The third-order valence-corrected chi connectivity index (χ3v) is 3.27. The van der Waals surface area contributed by atoms with Crippen molar-refractivity contribution < 1.29 is 9.85 Å². The van der Waals surface area contributed by atoms with Crippen LogP contribution in [0.15, 0.2) is 5.10 Å². The summed E-state index contributed by atoms with van der Waals surface area (Å²) in [5.74, 6) is 5.34. The molecule has 0 bridgehead atoms. The number of nitro groups is 2. The molecular weight excluding hydrogens is 280 g/mol. The molecule has 122 valence electrons. The van der Waals surface area contributed by atoms with Gasteiger partial charge >= 0.3 is 0 Å². The van der Waals surface area contributed by atoms with Crippen molar-refractivity contribution in [1.29, 1.82) is 0 Å². The molecule has 0 aromatic rings. The number of nitrogens with two attached hydrogens (primary N) is 2. The van der Waals surface area contributed by atoms with Crippen molar-refractivity contribution in [2.75, 3.05) is 13.1 Å². The average molecular weight is 304 g/mol. The van der Waals surface area contributed by atoms with Gasteiger partial charge in [-0.15, -0.1) is 5.10 Å². The molecule has 0 aliphatic carbocycles. The van der Waals surface area contributed by atoms with Gasteiger partial charge in [0.2, 0.25) is 19.0 Å². The van der Waals surface area contributed by atoms with E-state index < -0.39 is 0 Å². The van der Waals surface area contributed by atoms with Crippen LogP contribution in [-0.4, -0.2) is 45.9 Å². The Morgan fingerprint density at radius 3 is 1.76 bits per heavy atom. The van der Waals surface area contributed by atoms with Crippen LogP contribution in [-0.2, 0) is 0 Å². The molecule has 0 spiro atoms. The molecule has 10 nitrogen and oxygen atoms in total. The van der Waals surface area contributed by atoms with Crippen molar-refractivity contribution in [2.24, 2.45) is 16.7 Å². The molecule has 2 unspecified atom stereocenters. The summed E-state index contributed by atoms with van der Waals surface area (Å²) in [4.78, 5) is 21.7. The monoisotopic (exact) mass is 304 g/mol. The van der Waals surface area contributed by atoms with Crippen molar-refractivity contribution in [1.82, 2.24) is 4.90 Å². The van der Waals surface area contributed by atoms with E-state index in [0.29, 0.717) is 25.7 Å². The molecule has 0 saturated heterocycles. The first-order valence-corrected chi connectivity index (χ1v) is 6.84. The van der Waals surface area contributed by atoms with E-state index >= 15 is 0 Å². The molecule has 0 aliphatic rings. The first kappa shape index (κ1) is 18.9. The second-order valence-electron chi connectivity index (χ2n) is 4.99. The quantitative estimate of drug-likeness (QED) is 0.194. The highest BCUT2D eigenvalue weighted by Crippen LogP contribution is 2.14. The zero-order valence-electron chi connectivity index (χ0n) is 12.5. The summed E-state index contributed by atoms with van der Waals surface area (Å²) in [6, 6.07) is -0.161. The van der Waals surface area contributed by atoms with Gasteiger partial charge in [-0.1, -0.05) is 0 Å². The molecule has 0 saturated carbocycles. The van der Waals surface area contributed by atoms with Crippen molar-refractivity contribution in [2.45, 2.75) is 51.6 Å². The zero-order valence-corrected chi connectivity index (χ0v) is 12.5. The summed E-state index contributed by atoms with van der Waals surface area (Å²) in [7, 11) is 0. The average Bonchev–Trinajstić information content (AvgIpc) is 2.37. The summed E-state index contributed by atoms with van der Waals surface area (Å²) in [5.41, 5.74) is 5.77. The van der Waals surface area contributed by atoms with Crippen LogP contribution in [0.3, 0.4) is 0 Å². The number of hydrazone groups is 1. The Hall–Kier alpha value is -2.13. The molecule has 10 heteroatoms. The topological polar surface area (TPSA) is 154 Å². The molecule has 0 heterocycles. The third kappa shape index (κ3) is 7.90. The Labute approximate surface area is 123 Å². The summed E-state index contributed by atoms with van der Waals surface area (Å²) in [6.45, 7) is 3.55. The standard InChI is InChI=1S/C11H24N6O4/c1-9(5-3-7-15(18)19)17(11(12)14-13)10(2)6-4-8-16(20)21/h9-10H,3-8,13H2,1-2H3,(H2,12,14). The fourth-order valence-corrected chi connectivity index (χ4v) is 2.26. The van der Waals surface area contributed by atoms with Crippen LogP contribution in [0, 0.1) is 20.2 Å². The molecule has 0 radical (unpaired) electrons. The summed E-state index contributed by atoms with van der Waals surface area (Å²) >= 11 is 0. The van der Waals surface area contributed by atoms with Crippen LogP contribution in [0.25, 0.3) is 0 Å². The number of rotatable bonds is 10. The maximum Gasteiger partial charge on any atom is 0.213 e. The van der Waals surface area contributed by atoms with E-state index in [0.717, 1.165) is 0 Å². The molecule has 0 rings (SSSR count). The summed E-state index contributed by atoms with van der Waals surface area (Å²) < 4.78 is 0. The lowest BCUT2D eigenvalue weighted by Crippen LogP contribution is -2.49. The van der Waals surface area contributed by atoms with E-state index in [-0.39, 0.29) is 41.0 Å². The van der Waals surface area contributed by atoms with E-state index in [1.165, 1.54) is 0 Å². The van der Waals surface area contributed by atoms with E-state index in [4.69, 9.17) is 11.6 Å². The van der Waals surface area contributed by atoms with Gasteiger partial charge in [0.25, 0.3) is 0 Å². The van der Waals surface area contributed by atoms with Crippen LogP contribution in [0.5, 0.6) is 0 Å². The Kier molecular flexibility index (Phi) is 8.74. The highest BCUT2D eigenvalue weighted by atomic mass is 16.6. The van der Waals surface area contributed by atoms with Gasteiger partial charge in [-0.05, 0) is 26.7 Å². The number of nitrogens with zero attached hydrogens (tertiary/aromatic N) is 4. The van der Waals surface area contributed by atoms with E-state index in [2.05, 4.69) is 5.10 Å². The van der Waals surface area contributed by atoms with Crippen LogP contribution >= 0.6 is 0 Å². The SMILES string of the molecule is CC(CCC[N+](=O)[O-])N(C(N)=NN)C(C)CCC[N+](=O)[O-]. The van der Waals surface area contributed by atoms with Crippen LogP contribution < -0.4 is 11.6 Å². The smallest absolute Gasteiger partial charge is 0.213 e. The number of hydrogen-bond donors (Lipinski definition) is 2. The van der Waals surface area contributed by atoms with Crippen molar-refractivity contribution in [3.05, 3.63) is 20.2 Å². The minimum absolute atomic E-state index is 0.0807. The molecule has 0 aliphatic heterocycles. The van der Waals surface area contributed by atoms with Crippen LogP contribution in [0.2, 0.25) is 0 Å². The first-order valence-electron chi connectivity index (χ1n) is 6.84. The van der Waals surface area contributed by atoms with Crippen molar-refractivity contribution in [3.63, 3.8) is 0 Å². The lowest BCUT2D eigenvalue weighted by molar-refractivity contribution is -0.480. The van der Waals surface area contributed by atoms with Gasteiger partial charge in [0.15, 0.2) is 0 Å². The second-order valence-corrected chi connectivity index (χ2v) is 4.99. The van der Waals surface area contributed by atoms with E-state index in [9.17, 15) is 20.2 Å². The highest BCUT2D eigenvalue weighted by Gasteiger charge is 2.22. The zero-order chi connectivity index (χ0) is 16.4. The highest BCUT2D eigenvalue weighted by molar-refractivity contribution is 5.78. The third-order valence-electron chi connectivity index (χ3n) is 3.27. The molecule has 4 N–H and O–H groups in total. The maximum absolute atomic E-state index is 10.3. The Morgan fingerprint density at radius 1 is 1.10 bits per heavy atom. The van der Waals surface area contributed by atoms with E-state index in [1.54, 1.807) is 4.90 Å². The Balaban J connectivity index is 4.55. The van der Waals surface area contributed by atoms with Gasteiger partial charge in [0, 0.05) is 34.8 Å². The predicted molar refractivity (Wildman–Crippen MR) is 78.8 cm³/mol. The van der Waals surface area contributed by atoms with Crippen LogP contribution in [0.4, 0.5) is 0 Å². The van der Waals surface area contributed by atoms with E-state index in [1.807, 2.05) is 13.8 Å². The minimum Gasteiger partial charge on any atom is -0.368 e. The lowest BCUT2D eigenvalue weighted by atomic mass is 10.1. The summed E-state index contributed by atoms with van der Waals surface area (Å²) in [6.07, 6.45) is 1.97. The normalized spacial score (nSPS) is 14.5. The van der Waals surface area contributed by atoms with Crippen molar-refractivity contribution >= 4 is 5.96 Å². The molecule has 0 fully saturated rings. The van der Waals surface area contributed by atoms with Crippen LogP contribution in [0.1, 0.15) is 39.5 Å². The van der Waals surface area contributed by atoms with Gasteiger partial charge in [-0.2, -0.15) is 0 Å². The van der Waals surface area contributed by atoms with Gasteiger partial charge in [0.05, 0.1) is 0 Å². The second kappa shape index (κ2) is 9.72. The molecule has 21 heavy (non-hydrogen) atoms. The van der Waals surface area contributed by atoms with Gasteiger partial charge in [-0.25, -0.2) is 0 Å². The molecule has 0 aromatic carbocycles. The fourth-order valence-electron chi connectivity index (χ4n) is 2.26. The fraction of sp³-hybridized carbons (Fsp3) is 0.909. The first-order chi connectivity index (χ1) is 9.79. The number of hydrogen-bond acceptors (Lipinski definition) is 6. The van der Waals surface area contributed by atoms with Gasteiger partial charge in [0.1, 0.15) is 0 Å². The predicted octanol–water partition coefficient (Wildman–Crippen LogP) is 0.368.